The molecule has 5 N–H and O–H groups in total. The van der Waals surface area contributed by atoms with E-state index >= 15 is 0 Å². The number of carbonyl (C=O) groups is 1. The molecule has 0 aromatic carbocycles. The minimum Gasteiger partial charge on any atom is -0.375 e. The molecule has 2 heterocycles. The van der Waals surface area contributed by atoms with E-state index in [0.717, 1.165) is 38.2 Å². The molecule has 38 heavy (non-hydrogen) atoms. The van der Waals surface area contributed by atoms with Crippen LogP contribution in [0.2, 0.25) is 0 Å². The summed E-state index contributed by atoms with van der Waals surface area (Å²) in [5.41, 5.74) is 7.66. The molecule has 0 aromatic heterocycles. The summed E-state index contributed by atoms with van der Waals surface area (Å²) in [6.07, 6.45) is 17.6. The molecule has 0 saturated carbocycles. The summed E-state index contributed by atoms with van der Waals surface area (Å²) in [4.78, 5) is 26.0. The molecule has 0 radical (unpaired) electrons. The van der Waals surface area contributed by atoms with Gasteiger partial charge in [0.05, 0.1) is 6.04 Å². The molecule has 10 nitrogen and oxygen atoms in total. The lowest BCUT2D eigenvalue weighted by Crippen LogP contribution is -2.54. The number of aliphatic imine (C=N–C) groups is 2. The number of halogens is 1. The Morgan fingerprint density at radius 2 is 2.13 bits per heavy atom. The van der Waals surface area contributed by atoms with Crippen molar-refractivity contribution in [3.05, 3.63) is 59.9 Å². The highest BCUT2D eigenvalue weighted by Gasteiger charge is 2.27. The lowest BCUT2D eigenvalue weighted by atomic mass is 10.0. The Morgan fingerprint density at radius 3 is 2.89 bits per heavy atom. The number of piperazine rings is 1. The van der Waals surface area contributed by atoms with Crippen molar-refractivity contribution in [2.24, 2.45) is 15.7 Å². The number of rotatable bonds is 9. The van der Waals surface area contributed by atoms with E-state index in [9.17, 15) is 4.79 Å². The second-order valence-corrected chi connectivity index (χ2v) is 10.2. The molecule has 0 spiro atoms. The first-order valence-electron chi connectivity index (χ1n) is 13.1. The second kappa shape index (κ2) is 13.9. The van der Waals surface area contributed by atoms with Gasteiger partial charge in [0.25, 0.3) is 0 Å². The van der Waals surface area contributed by atoms with Gasteiger partial charge in [-0.2, -0.15) is 0 Å². The predicted octanol–water partition coefficient (Wildman–Crippen LogP) is 0.510. The van der Waals surface area contributed by atoms with Crippen LogP contribution in [0.5, 0.6) is 0 Å². The van der Waals surface area contributed by atoms with Crippen molar-refractivity contribution in [3.8, 4) is 0 Å². The third-order valence-corrected chi connectivity index (χ3v) is 7.25. The summed E-state index contributed by atoms with van der Waals surface area (Å²) < 4.78 is 5.77. The van der Waals surface area contributed by atoms with Crippen LogP contribution >= 0.6 is 11.6 Å². The number of nitrogens with two attached hydrogens (primary N) is 1. The number of guanidine groups is 1. The molecular formula is C27H39ClN8O2. The van der Waals surface area contributed by atoms with E-state index < -0.39 is 0 Å². The number of alkyl halides is 1. The molecule has 2 aliphatic carbocycles. The van der Waals surface area contributed by atoms with Crippen LogP contribution in [0.4, 0.5) is 0 Å². The molecule has 5 unspecified atom stereocenters. The highest BCUT2D eigenvalue weighted by Crippen LogP contribution is 2.21. The zero-order valence-corrected chi connectivity index (χ0v) is 22.8. The molecule has 1 amide bonds. The van der Waals surface area contributed by atoms with Crippen LogP contribution in [-0.2, 0) is 9.53 Å². The zero-order valence-electron chi connectivity index (χ0n) is 22.1. The van der Waals surface area contributed by atoms with E-state index in [2.05, 4.69) is 74.2 Å². The number of methoxy groups -OCH3 is 1. The summed E-state index contributed by atoms with van der Waals surface area (Å²) >= 11 is 6.53. The molecule has 2 aliphatic heterocycles. The van der Waals surface area contributed by atoms with Crippen LogP contribution in [0.25, 0.3) is 0 Å². The van der Waals surface area contributed by atoms with E-state index in [-0.39, 0.29) is 35.6 Å². The topological polar surface area (TPSA) is 120 Å². The Kier molecular flexibility index (Phi) is 10.3. The largest absolute Gasteiger partial charge is 0.375 e. The van der Waals surface area contributed by atoms with Crippen molar-refractivity contribution >= 4 is 29.7 Å². The van der Waals surface area contributed by atoms with E-state index in [1.807, 2.05) is 0 Å². The van der Waals surface area contributed by atoms with Gasteiger partial charge in [-0.1, -0.05) is 30.4 Å². The lowest BCUT2D eigenvalue weighted by Gasteiger charge is -2.36. The van der Waals surface area contributed by atoms with Gasteiger partial charge in [-0.25, -0.2) is 9.98 Å². The average molecular weight is 543 g/mol. The number of carbonyl (C=O) groups excluding carboxylic acids is 1. The molecule has 206 valence electrons. The van der Waals surface area contributed by atoms with Crippen LogP contribution < -0.4 is 21.7 Å². The van der Waals surface area contributed by atoms with Gasteiger partial charge in [-0.3, -0.25) is 10.1 Å². The number of amides is 1. The number of nitrogens with one attached hydrogen (secondary N) is 3. The lowest BCUT2D eigenvalue weighted by molar-refractivity contribution is -0.116. The summed E-state index contributed by atoms with van der Waals surface area (Å²) in [5.74, 6) is 0.361. The number of allylic oxidation sites excluding steroid dienone is 1. The molecule has 5 atom stereocenters. The Bertz CT molecular complexity index is 1040. The number of hydrogen-bond donors (Lipinski definition) is 4. The average Bonchev–Trinajstić information content (AvgIpc) is 2.93. The zero-order chi connectivity index (χ0) is 26.9. The minimum atomic E-state index is -0.345. The normalized spacial score (nSPS) is 30.9. The molecule has 1 saturated heterocycles. The molecule has 11 heteroatoms. The number of hydrogen-bond acceptors (Lipinski definition) is 7. The Morgan fingerprint density at radius 1 is 1.32 bits per heavy atom. The second-order valence-electron chi connectivity index (χ2n) is 9.74. The third kappa shape index (κ3) is 7.87. The minimum absolute atomic E-state index is 0.0654. The maximum atomic E-state index is 12.0. The first kappa shape index (κ1) is 28.3. The van der Waals surface area contributed by atoms with E-state index in [1.165, 1.54) is 11.8 Å². The van der Waals surface area contributed by atoms with Gasteiger partial charge >= 0.3 is 0 Å². The van der Waals surface area contributed by atoms with Gasteiger partial charge in [-0.05, 0) is 31.2 Å². The van der Waals surface area contributed by atoms with Crippen LogP contribution in [-0.4, -0.2) is 111 Å². The molecular weight excluding hydrogens is 504 g/mol. The molecule has 0 bridgehead atoms. The molecule has 4 aliphatic rings. The fourth-order valence-electron chi connectivity index (χ4n) is 4.69. The van der Waals surface area contributed by atoms with E-state index in [0.29, 0.717) is 19.0 Å². The van der Waals surface area contributed by atoms with Crippen LogP contribution in [0.1, 0.15) is 6.42 Å². The van der Waals surface area contributed by atoms with E-state index in [4.69, 9.17) is 27.1 Å². The predicted molar refractivity (Wildman–Crippen MR) is 153 cm³/mol. The third-order valence-electron chi connectivity index (χ3n) is 6.89. The first-order valence-corrected chi connectivity index (χ1v) is 13.6. The highest BCUT2D eigenvalue weighted by molar-refractivity contribution is 6.30. The maximum Gasteiger partial charge on any atom is 0.244 e. The van der Waals surface area contributed by atoms with Crippen LogP contribution in [0.15, 0.2) is 69.9 Å². The quantitative estimate of drug-likeness (QED) is 0.247. The summed E-state index contributed by atoms with van der Waals surface area (Å²) in [6, 6.07) is -0.255. The monoisotopic (exact) mass is 542 g/mol. The fraction of sp³-hybridized carbons (Fsp3) is 0.519. The van der Waals surface area contributed by atoms with Crippen molar-refractivity contribution in [2.75, 3.05) is 53.4 Å². The van der Waals surface area contributed by atoms with Gasteiger partial charge in [0.15, 0.2) is 0 Å². The SMILES string of the molecule is COC1C=C(N2CCN(C)CC2)C=CC1N=C1N=CC(Cl)C(NCC2=CC(NC(=O)/C=C/CN)CC=C2)N1. The van der Waals surface area contributed by atoms with Crippen molar-refractivity contribution in [1.82, 2.24) is 25.8 Å². The van der Waals surface area contributed by atoms with Gasteiger partial charge in [0, 0.05) is 64.4 Å². The number of likely N-dealkylation sites (N-methyl/N-ethyl adjacent to an activating group) is 1. The summed E-state index contributed by atoms with van der Waals surface area (Å²) in [7, 11) is 3.86. The molecule has 4 rings (SSSR count). The number of nitrogens with zero attached hydrogens (tertiary/aromatic N) is 4. The maximum absolute atomic E-state index is 12.0. The smallest absolute Gasteiger partial charge is 0.244 e. The Hall–Kier alpha value is -2.76. The first-order chi connectivity index (χ1) is 18.4. The molecule has 0 aromatic rings. The van der Waals surface area contributed by atoms with Crippen LogP contribution in [0.3, 0.4) is 0 Å². The number of ether oxygens (including phenoxy) is 1. The van der Waals surface area contributed by atoms with Crippen LogP contribution in [0, 0.1) is 0 Å². The van der Waals surface area contributed by atoms with Crippen molar-refractivity contribution in [1.29, 1.82) is 0 Å². The summed E-state index contributed by atoms with van der Waals surface area (Å²) in [6.45, 7) is 5.02. The Balaban J connectivity index is 1.33. The van der Waals surface area contributed by atoms with Gasteiger partial charge in [-0.15, -0.1) is 11.6 Å². The van der Waals surface area contributed by atoms with Crippen molar-refractivity contribution in [3.63, 3.8) is 0 Å². The summed E-state index contributed by atoms with van der Waals surface area (Å²) in [5, 5.41) is 9.39. The highest BCUT2D eigenvalue weighted by atomic mass is 35.5. The standard InChI is InChI=1S/C27H39ClN8O2/c1-35-11-13-36(14-12-35)21-8-9-23(24(16-21)38-2)33-27-31-18-22(28)26(34-27)30-17-19-5-3-6-20(15-19)32-25(37)7-4-10-29/h3-5,7-9,15-16,18,20,22-24,26,30H,6,10-14,17,29H2,1-2H3,(H,32,37)(H,33,34)/b7-4+. The van der Waals surface area contributed by atoms with Gasteiger partial charge < -0.3 is 30.9 Å². The fourth-order valence-corrected chi connectivity index (χ4v) is 4.90. The Labute approximate surface area is 230 Å². The van der Waals surface area contributed by atoms with Crippen molar-refractivity contribution in [2.45, 2.75) is 36.2 Å². The van der Waals surface area contributed by atoms with Gasteiger partial charge in [0.2, 0.25) is 11.9 Å². The van der Waals surface area contributed by atoms with E-state index in [1.54, 1.807) is 19.4 Å². The molecule has 1 fully saturated rings. The van der Waals surface area contributed by atoms with Gasteiger partial charge in [0.1, 0.15) is 23.7 Å². The van der Waals surface area contributed by atoms with Crippen molar-refractivity contribution < 1.29 is 9.53 Å².